The van der Waals surface area contributed by atoms with Crippen molar-refractivity contribution in [2.75, 3.05) is 18.9 Å². The van der Waals surface area contributed by atoms with Gasteiger partial charge in [-0.2, -0.15) is 5.10 Å². The van der Waals surface area contributed by atoms with E-state index in [1.807, 2.05) is 0 Å². The normalized spacial score (nSPS) is 12.0. The summed E-state index contributed by atoms with van der Waals surface area (Å²) in [6.45, 7) is 3.50. The van der Waals surface area contributed by atoms with Gasteiger partial charge in [0.05, 0.1) is 17.3 Å². The van der Waals surface area contributed by atoms with Crippen LogP contribution >= 0.6 is 0 Å². The van der Waals surface area contributed by atoms with E-state index >= 15 is 0 Å². The molecule has 100 valence electrons. The summed E-state index contributed by atoms with van der Waals surface area (Å²) in [6.07, 6.45) is 1.70. The molecule has 7 heteroatoms. The van der Waals surface area contributed by atoms with Crippen molar-refractivity contribution in [1.82, 2.24) is 14.7 Å². The van der Waals surface area contributed by atoms with Gasteiger partial charge in [0.15, 0.2) is 0 Å². The highest BCUT2D eigenvalue weighted by atomic mass is 16.4. The standard InChI is InChI=1S/C11H18N4O3/c1-7(10(16)17)5-14(3)11(18)12-9-6-15(4)13-8(9)2/h6-7H,5H2,1-4H3,(H,12,18)(H,16,17). The van der Waals surface area contributed by atoms with Gasteiger partial charge < -0.3 is 15.3 Å². The number of nitrogens with zero attached hydrogens (tertiary/aromatic N) is 3. The first-order valence-corrected chi connectivity index (χ1v) is 5.56. The van der Waals surface area contributed by atoms with Crippen LogP contribution in [0, 0.1) is 12.8 Å². The monoisotopic (exact) mass is 254 g/mol. The number of hydrogen-bond acceptors (Lipinski definition) is 3. The molecule has 1 aromatic rings. The Morgan fingerprint density at radius 1 is 1.61 bits per heavy atom. The molecule has 1 atom stereocenters. The molecule has 1 heterocycles. The van der Waals surface area contributed by atoms with Crippen molar-refractivity contribution in [3.63, 3.8) is 0 Å². The smallest absolute Gasteiger partial charge is 0.321 e. The minimum atomic E-state index is -0.924. The molecule has 0 saturated carbocycles. The molecule has 2 N–H and O–H groups in total. The van der Waals surface area contributed by atoms with Crippen LogP contribution in [0.25, 0.3) is 0 Å². The van der Waals surface area contributed by atoms with Crippen LogP contribution in [0.5, 0.6) is 0 Å². The molecule has 0 radical (unpaired) electrons. The topological polar surface area (TPSA) is 87.5 Å². The molecule has 0 spiro atoms. The van der Waals surface area contributed by atoms with Crippen molar-refractivity contribution in [2.24, 2.45) is 13.0 Å². The van der Waals surface area contributed by atoms with E-state index in [2.05, 4.69) is 10.4 Å². The Bertz CT molecular complexity index is 455. The van der Waals surface area contributed by atoms with E-state index in [0.29, 0.717) is 11.4 Å². The lowest BCUT2D eigenvalue weighted by Gasteiger charge is -2.19. The van der Waals surface area contributed by atoms with E-state index in [4.69, 9.17) is 5.11 Å². The predicted molar refractivity (Wildman–Crippen MR) is 66.4 cm³/mol. The maximum atomic E-state index is 11.8. The second kappa shape index (κ2) is 5.52. The van der Waals surface area contributed by atoms with Gasteiger partial charge in [-0.1, -0.05) is 6.92 Å². The molecule has 18 heavy (non-hydrogen) atoms. The molecule has 1 aromatic heterocycles. The first kappa shape index (κ1) is 14.0. The summed E-state index contributed by atoms with van der Waals surface area (Å²) in [5, 5.41) is 15.6. The molecule has 0 aromatic carbocycles. The second-order valence-corrected chi connectivity index (χ2v) is 4.35. The Kier molecular flexibility index (Phi) is 4.30. The van der Waals surface area contributed by atoms with E-state index < -0.39 is 11.9 Å². The number of aliphatic carboxylic acids is 1. The third-order valence-electron chi connectivity index (χ3n) is 2.57. The molecule has 1 rings (SSSR count). The number of carboxylic acids is 1. The fourth-order valence-corrected chi connectivity index (χ4v) is 1.50. The van der Waals surface area contributed by atoms with E-state index in [9.17, 15) is 9.59 Å². The molecule has 7 nitrogen and oxygen atoms in total. The zero-order valence-electron chi connectivity index (χ0n) is 11.0. The van der Waals surface area contributed by atoms with Crippen LogP contribution in [0.3, 0.4) is 0 Å². The SMILES string of the molecule is Cc1nn(C)cc1NC(=O)N(C)CC(C)C(=O)O. The summed E-state index contributed by atoms with van der Waals surface area (Å²) < 4.78 is 1.60. The predicted octanol–water partition coefficient (Wildman–Crippen LogP) is 0.913. The third kappa shape index (κ3) is 3.47. The number of carbonyl (C=O) groups excluding carboxylic acids is 1. The van der Waals surface area contributed by atoms with Crippen molar-refractivity contribution in [3.8, 4) is 0 Å². The highest BCUT2D eigenvalue weighted by Gasteiger charge is 2.18. The van der Waals surface area contributed by atoms with E-state index in [-0.39, 0.29) is 12.6 Å². The molecule has 2 amide bonds. The maximum Gasteiger partial charge on any atom is 0.321 e. The summed E-state index contributed by atoms with van der Waals surface area (Å²) in [6, 6.07) is -0.348. The van der Waals surface area contributed by atoms with Crippen LogP contribution in [0.1, 0.15) is 12.6 Å². The van der Waals surface area contributed by atoms with E-state index in [1.54, 1.807) is 38.8 Å². The Labute approximate surface area is 105 Å². The molecular weight excluding hydrogens is 236 g/mol. The quantitative estimate of drug-likeness (QED) is 0.836. The van der Waals surface area contributed by atoms with Gasteiger partial charge in [-0.3, -0.25) is 9.48 Å². The number of amides is 2. The number of aromatic nitrogens is 2. The highest BCUT2D eigenvalue weighted by Crippen LogP contribution is 2.12. The van der Waals surface area contributed by atoms with Crippen LogP contribution in [0.2, 0.25) is 0 Å². The zero-order chi connectivity index (χ0) is 13.9. The molecule has 0 aliphatic rings. The van der Waals surface area contributed by atoms with Crippen molar-refractivity contribution >= 4 is 17.7 Å². The van der Waals surface area contributed by atoms with Gasteiger partial charge in [-0.05, 0) is 6.92 Å². The van der Waals surface area contributed by atoms with Crippen LogP contribution in [0.4, 0.5) is 10.5 Å². The van der Waals surface area contributed by atoms with Crippen LogP contribution in [0.15, 0.2) is 6.20 Å². The number of carboxylic acid groups (broad SMARTS) is 1. The molecule has 0 saturated heterocycles. The van der Waals surface area contributed by atoms with Crippen molar-refractivity contribution in [2.45, 2.75) is 13.8 Å². The number of aryl methyl sites for hydroxylation is 2. The molecule has 0 bridgehead atoms. The fourth-order valence-electron chi connectivity index (χ4n) is 1.50. The van der Waals surface area contributed by atoms with Gasteiger partial charge in [0.25, 0.3) is 0 Å². The number of anilines is 1. The minimum Gasteiger partial charge on any atom is -0.481 e. The Morgan fingerprint density at radius 2 is 2.22 bits per heavy atom. The summed E-state index contributed by atoms with van der Waals surface area (Å²) >= 11 is 0. The Balaban J connectivity index is 2.60. The average molecular weight is 254 g/mol. The lowest BCUT2D eigenvalue weighted by atomic mass is 10.2. The number of rotatable bonds is 4. The number of urea groups is 1. The lowest BCUT2D eigenvalue weighted by Crippen LogP contribution is -2.36. The van der Waals surface area contributed by atoms with Gasteiger partial charge in [0.2, 0.25) is 0 Å². The summed E-state index contributed by atoms with van der Waals surface area (Å²) in [4.78, 5) is 23.9. The first-order chi connectivity index (χ1) is 8.31. The van der Waals surface area contributed by atoms with Crippen molar-refractivity contribution in [3.05, 3.63) is 11.9 Å². The van der Waals surface area contributed by atoms with Crippen LogP contribution < -0.4 is 5.32 Å². The van der Waals surface area contributed by atoms with Crippen LogP contribution in [-0.4, -0.2) is 45.4 Å². The Hall–Kier alpha value is -2.05. The third-order valence-corrected chi connectivity index (χ3v) is 2.57. The zero-order valence-corrected chi connectivity index (χ0v) is 11.0. The van der Waals surface area contributed by atoms with Gasteiger partial charge in [0, 0.05) is 26.8 Å². The summed E-state index contributed by atoms with van der Waals surface area (Å²) in [5.41, 5.74) is 1.34. The van der Waals surface area contributed by atoms with E-state index in [0.717, 1.165) is 0 Å². The van der Waals surface area contributed by atoms with Crippen molar-refractivity contribution in [1.29, 1.82) is 0 Å². The Morgan fingerprint density at radius 3 is 2.67 bits per heavy atom. The van der Waals surface area contributed by atoms with Gasteiger partial charge in [-0.15, -0.1) is 0 Å². The first-order valence-electron chi connectivity index (χ1n) is 5.56. The second-order valence-electron chi connectivity index (χ2n) is 4.35. The largest absolute Gasteiger partial charge is 0.481 e. The summed E-state index contributed by atoms with van der Waals surface area (Å²) in [7, 11) is 3.32. The van der Waals surface area contributed by atoms with Crippen LogP contribution in [-0.2, 0) is 11.8 Å². The molecule has 1 unspecified atom stereocenters. The van der Waals surface area contributed by atoms with Gasteiger partial charge in [0.1, 0.15) is 0 Å². The molecule has 0 fully saturated rings. The maximum absolute atomic E-state index is 11.8. The highest BCUT2D eigenvalue weighted by molar-refractivity contribution is 5.89. The molecule has 0 aliphatic heterocycles. The van der Waals surface area contributed by atoms with Gasteiger partial charge in [-0.25, -0.2) is 4.79 Å². The number of carbonyl (C=O) groups is 2. The minimum absolute atomic E-state index is 0.153. The lowest BCUT2D eigenvalue weighted by molar-refractivity contribution is -0.141. The fraction of sp³-hybridized carbons (Fsp3) is 0.545. The van der Waals surface area contributed by atoms with Crippen molar-refractivity contribution < 1.29 is 14.7 Å². The number of hydrogen-bond donors (Lipinski definition) is 2. The molecule has 0 aliphatic carbocycles. The average Bonchev–Trinajstić information content (AvgIpc) is 2.56. The molecular formula is C11H18N4O3. The summed E-state index contributed by atoms with van der Waals surface area (Å²) in [5.74, 6) is -1.53. The number of nitrogens with one attached hydrogen (secondary N) is 1. The van der Waals surface area contributed by atoms with E-state index in [1.165, 1.54) is 4.90 Å². The van der Waals surface area contributed by atoms with Gasteiger partial charge >= 0.3 is 12.0 Å².